The van der Waals surface area contributed by atoms with E-state index in [0.29, 0.717) is 6.54 Å². The monoisotopic (exact) mass is 306 g/mol. The summed E-state index contributed by atoms with van der Waals surface area (Å²) in [5.74, 6) is 0.824. The summed E-state index contributed by atoms with van der Waals surface area (Å²) in [6, 6.07) is 2.08. The van der Waals surface area contributed by atoms with Gasteiger partial charge in [0, 0.05) is 37.9 Å². The summed E-state index contributed by atoms with van der Waals surface area (Å²) in [6.45, 7) is 6.49. The van der Waals surface area contributed by atoms with Crippen molar-refractivity contribution in [2.24, 2.45) is 17.5 Å². The molecular weight excluding hydrogens is 276 g/mol. The topological polar surface area (TPSA) is 61.6 Å². The number of hydrogen-bond acceptors (Lipinski definition) is 2. The Hall–Kier alpha value is -1.49. The summed E-state index contributed by atoms with van der Waals surface area (Å²) in [4.78, 5) is 4.64. The molecule has 22 heavy (non-hydrogen) atoms. The summed E-state index contributed by atoms with van der Waals surface area (Å²) in [6.07, 6.45) is 8.22. The molecule has 1 fully saturated rings. The highest BCUT2D eigenvalue weighted by atomic mass is 16.3. The fourth-order valence-corrected chi connectivity index (χ4v) is 3.04. The van der Waals surface area contributed by atoms with E-state index < -0.39 is 0 Å². The van der Waals surface area contributed by atoms with Gasteiger partial charge in [0.25, 0.3) is 0 Å². The molecule has 2 rings (SSSR count). The average molecular weight is 306 g/mol. The Bertz CT molecular complexity index is 497. The van der Waals surface area contributed by atoms with Gasteiger partial charge in [-0.1, -0.05) is 19.8 Å². The summed E-state index contributed by atoms with van der Waals surface area (Å²) in [5.41, 5.74) is 1.14. The smallest absolute Gasteiger partial charge is 0.191 e. The molecule has 1 heterocycles. The molecule has 124 valence electrons. The molecule has 5 nitrogen and oxygen atoms in total. The maximum Gasteiger partial charge on any atom is 0.191 e. The van der Waals surface area contributed by atoms with E-state index in [4.69, 9.17) is 0 Å². The number of aliphatic hydroxyl groups is 1. The molecule has 1 saturated carbocycles. The molecule has 0 aliphatic heterocycles. The van der Waals surface area contributed by atoms with Gasteiger partial charge >= 0.3 is 0 Å². The first-order valence-corrected chi connectivity index (χ1v) is 8.34. The highest BCUT2D eigenvalue weighted by Crippen LogP contribution is 2.35. The molecule has 0 aromatic carbocycles. The van der Waals surface area contributed by atoms with Crippen molar-refractivity contribution in [1.29, 1.82) is 0 Å². The zero-order valence-corrected chi connectivity index (χ0v) is 14.1. The zero-order chi connectivity index (χ0) is 16.0. The highest BCUT2D eigenvalue weighted by molar-refractivity contribution is 5.79. The van der Waals surface area contributed by atoms with Crippen LogP contribution in [0.1, 0.15) is 45.1 Å². The number of guanidine groups is 1. The Morgan fingerprint density at radius 1 is 1.45 bits per heavy atom. The first-order chi connectivity index (χ1) is 10.5. The van der Waals surface area contributed by atoms with Gasteiger partial charge in [0.1, 0.15) is 0 Å². The van der Waals surface area contributed by atoms with Crippen molar-refractivity contribution in [3.8, 4) is 0 Å². The number of aromatic nitrogens is 1. The maximum absolute atomic E-state index is 10.3. The fourth-order valence-electron chi connectivity index (χ4n) is 3.04. The van der Waals surface area contributed by atoms with Gasteiger partial charge in [0.15, 0.2) is 5.96 Å². The van der Waals surface area contributed by atoms with E-state index >= 15 is 0 Å². The van der Waals surface area contributed by atoms with Crippen molar-refractivity contribution in [2.45, 2.75) is 52.2 Å². The average Bonchev–Trinajstić information content (AvgIpc) is 2.91. The Morgan fingerprint density at radius 2 is 2.27 bits per heavy atom. The molecule has 0 radical (unpaired) electrons. The lowest BCUT2D eigenvalue weighted by Gasteiger charge is -2.38. The third kappa shape index (κ3) is 4.50. The lowest BCUT2D eigenvalue weighted by molar-refractivity contribution is 0.00397. The van der Waals surface area contributed by atoms with Crippen LogP contribution in [0.3, 0.4) is 0 Å². The van der Waals surface area contributed by atoms with Gasteiger partial charge in [-0.15, -0.1) is 0 Å². The van der Waals surface area contributed by atoms with E-state index in [1.807, 2.05) is 17.8 Å². The van der Waals surface area contributed by atoms with Crippen molar-refractivity contribution < 1.29 is 5.11 Å². The molecule has 0 amide bonds. The van der Waals surface area contributed by atoms with E-state index in [-0.39, 0.29) is 11.5 Å². The third-order valence-corrected chi connectivity index (χ3v) is 4.60. The van der Waals surface area contributed by atoms with E-state index in [2.05, 4.69) is 41.7 Å². The maximum atomic E-state index is 10.3. The summed E-state index contributed by atoms with van der Waals surface area (Å²) in [5, 5.41) is 17.0. The molecule has 1 aromatic rings. The molecule has 5 heteroatoms. The molecule has 1 aliphatic rings. The van der Waals surface area contributed by atoms with Gasteiger partial charge in [-0.05, 0) is 31.4 Å². The van der Waals surface area contributed by atoms with Gasteiger partial charge in [-0.2, -0.15) is 0 Å². The van der Waals surface area contributed by atoms with Gasteiger partial charge < -0.3 is 20.3 Å². The van der Waals surface area contributed by atoms with Crippen LogP contribution in [0.15, 0.2) is 23.5 Å². The van der Waals surface area contributed by atoms with Gasteiger partial charge in [0.2, 0.25) is 0 Å². The quantitative estimate of drug-likeness (QED) is 0.576. The van der Waals surface area contributed by atoms with Crippen molar-refractivity contribution in [3.63, 3.8) is 0 Å². The van der Waals surface area contributed by atoms with Crippen molar-refractivity contribution >= 4 is 5.96 Å². The highest BCUT2D eigenvalue weighted by Gasteiger charge is 2.35. The largest absolute Gasteiger partial charge is 0.392 e. The molecule has 0 saturated heterocycles. The number of nitrogens with zero attached hydrogens (tertiary/aromatic N) is 2. The standard InChI is InChI=1S/C17H30N4O/c1-4-18-16(19-11-14-8-10-21(3)12-14)20-13-17(2)9-6-5-7-15(17)22/h8,10,12,15,22H,4-7,9,11,13H2,1-3H3,(H2,18,19,20). The van der Waals surface area contributed by atoms with Crippen LogP contribution in [0.25, 0.3) is 0 Å². The Labute approximate surface area is 133 Å². The second kappa shape index (κ2) is 7.68. The van der Waals surface area contributed by atoms with Crippen LogP contribution >= 0.6 is 0 Å². The second-order valence-corrected chi connectivity index (χ2v) is 6.65. The Balaban J connectivity index is 1.93. The predicted octanol–water partition coefficient (Wildman–Crippen LogP) is 2.02. The van der Waals surface area contributed by atoms with Gasteiger partial charge in [-0.25, -0.2) is 4.99 Å². The molecule has 1 aromatic heterocycles. The Morgan fingerprint density at radius 3 is 2.91 bits per heavy atom. The lowest BCUT2D eigenvalue weighted by Crippen LogP contribution is -2.48. The molecule has 0 bridgehead atoms. The Kier molecular flexibility index (Phi) is 5.89. The van der Waals surface area contributed by atoms with E-state index in [1.54, 1.807) is 0 Å². The number of aliphatic hydroxyl groups excluding tert-OH is 1. The number of aryl methyl sites for hydroxylation is 1. The van der Waals surface area contributed by atoms with E-state index in [1.165, 1.54) is 12.0 Å². The minimum atomic E-state index is -0.217. The van der Waals surface area contributed by atoms with Crippen LogP contribution in [0.4, 0.5) is 0 Å². The number of rotatable bonds is 5. The summed E-state index contributed by atoms with van der Waals surface area (Å²) >= 11 is 0. The number of hydrogen-bond donors (Lipinski definition) is 3. The normalized spacial score (nSPS) is 26.0. The second-order valence-electron chi connectivity index (χ2n) is 6.65. The van der Waals surface area contributed by atoms with Crippen LogP contribution < -0.4 is 10.6 Å². The van der Waals surface area contributed by atoms with Crippen LogP contribution in [0.5, 0.6) is 0 Å². The van der Waals surface area contributed by atoms with Gasteiger partial charge in [-0.3, -0.25) is 0 Å². The van der Waals surface area contributed by atoms with Gasteiger partial charge in [0.05, 0.1) is 12.6 Å². The van der Waals surface area contributed by atoms with Crippen molar-refractivity contribution in [3.05, 3.63) is 24.0 Å². The summed E-state index contributed by atoms with van der Waals surface area (Å²) in [7, 11) is 2.02. The minimum absolute atomic E-state index is 0.0544. The summed E-state index contributed by atoms with van der Waals surface area (Å²) < 4.78 is 2.03. The molecule has 1 aliphatic carbocycles. The van der Waals surface area contributed by atoms with Crippen LogP contribution in [0, 0.1) is 5.41 Å². The lowest BCUT2D eigenvalue weighted by atomic mass is 9.73. The van der Waals surface area contributed by atoms with Crippen molar-refractivity contribution in [1.82, 2.24) is 15.2 Å². The molecule has 2 atom stereocenters. The first-order valence-electron chi connectivity index (χ1n) is 8.34. The SMILES string of the molecule is CCNC(=NCc1ccn(C)c1)NCC1(C)CCCCC1O. The van der Waals surface area contributed by atoms with Crippen LogP contribution in [0.2, 0.25) is 0 Å². The predicted molar refractivity (Wildman–Crippen MR) is 90.8 cm³/mol. The first kappa shape index (κ1) is 16.9. The van der Waals surface area contributed by atoms with Crippen molar-refractivity contribution in [2.75, 3.05) is 13.1 Å². The molecule has 0 spiro atoms. The van der Waals surface area contributed by atoms with Crippen LogP contribution in [-0.4, -0.2) is 34.8 Å². The number of aliphatic imine (C=N–C) groups is 1. The van der Waals surface area contributed by atoms with E-state index in [0.717, 1.165) is 38.3 Å². The third-order valence-electron chi connectivity index (χ3n) is 4.60. The molecule has 2 unspecified atom stereocenters. The van der Waals surface area contributed by atoms with E-state index in [9.17, 15) is 5.11 Å². The molecule has 3 N–H and O–H groups in total. The fraction of sp³-hybridized carbons (Fsp3) is 0.706. The minimum Gasteiger partial charge on any atom is -0.392 e. The molecular formula is C17H30N4O. The zero-order valence-electron chi connectivity index (χ0n) is 14.1. The van der Waals surface area contributed by atoms with Crippen LogP contribution in [-0.2, 0) is 13.6 Å². The number of nitrogens with one attached hydrogen (secondary N) is 2.